The number of ether oxygens (including phenoxy) is 1. The lowest BCUT2D eigenvalue weighted by atomic mass is 10.0. The Morgan fingerprint density at radius 2 is 1.74 bits per heavy atom. The van der Waals surface area contributed by atoms with Gasteiger partial charge in [-0.05, 0) is 47.5 Å². The van der Waals surface area contributed by atoms with Crippen LogP contribution in [0.15, 0.2) is 70.6 Å². The van der Waals surface area contributed by atoms with Crippen molar-refractivity contribution < 1.29 is 22.7 Å². The molecule has 0 amide bonds. The number of alkyl halides is 3. The maximum absolute atomic E-state index is 14.0. The molecule has 178 valence electrons. The number of pyridine rings is 1. The molecule has 0 aliphatic carbocycles. The number of hydrogen-bond acceptors (Lipinski definition) is 6. The van der Waals surface area contributed by atoms with Gasteiger partial charge < -0.3 is 14.4 Å². The standard InChI is InChI=1S/C25H24F3N3O2S/c1-33-21-4-2-3-5-23(21)34-22-7-6-18(16-20(22)25(26,27)28)19-8-9-29-24(17-19)31-12-10-30(11-13-31)14-15-32/h2-9,15-17H,10-14H2,1H3. The molecule has 0 N–H and O–H groups in total. The first-order chi connectivity index (χ1) is 16.4. The number of aromatic nitrogens is 1. The van der Waals surface area contributed by atoms with Crippen LogP contribution in [0.4, 0.5) is 19.0 Å². The second-order valence-corrected chi connectivity index (χ2v) is 8.90. The number of carbonyl (C=O) groups is 1. The van der Waals surface area contributed by atoms with E-state index >= 15 is 0 Å². The Balaban J connectivity index is 1.62. The fourth-order valence-electron chi connectivity index (χ4n) is 3.88. The largest absolute Gasteiger partial charge is 0.496 e. The first-order valence-corrected chi connectivity index (χ1v) is 11.6. The zero-order chi connectivity index (χ0) is 24.1. The second-order valence-electron chi connectivity index (χ2n) is 7.82. The number of halogens is 3. The molecule has 1 aromatic heterocycles. The zero-order valence-corrected chi connectivity index (χ0v) is 19.4. The van der Waals surface area contributed by atoms with Gasteiger partial charge in [0.2, 0.25) is 0 Å². The van der Waals surface area contributed by atoms with Crippen molar-refractivity contribution in [2.75, 3.05) is 44.7 Å². The summed E-state index contributed by atoms with van der Waals surface area (Å²) in [6.45, 7) is 3.27. The van der Waals surface area contributed by atoms with E-state index in [0.29, 0.717) is 47.2 Å². The highest BCUT2D eigenvalue weighted by Gasteiger charge is 2.34. The monoisotopic (exact) mass is 487 g/mol. The normalized spacial score (nSPS) is 14.8. The van der Waals surface area contributed by atoms with E-state index < -0.39 is 11.7 Å². The summed E-state index contributed by atoms with van der Waals surface area (Å²) in [4.78, 5) is 20.0. The fraction of sp³-hybridized carbons (Fsp3) is 0.280. The molecular formula is C25H24F3N3O2S. The van der Waals surface area contributed by atoms with Crippen molar-refractivity contribution in [3.8, 4) is 16.9 Å². The van der Waals surface area contributed by atoms with Gasteiger partial charge in [0.1, 0.15) is 17.9 Å². The van der Waals surface area contributed by atoms with Crippen LogP contribution in [0.2, 0.25) is 0 Å². The Kier molecular flexibility index (Phi) is 7.43. The Morgan fingerprint density at radius 3 is 2.44 bits per heavy atom. The number of methoxy groups -OCH3 is 1. The molecule has 2 aromatic carbocycles. The molecule has 0 spiro atoms. The number of piperazine rings is 1. The number of hydrogen-bond donors (Lipinski definition) is 0. The highest BCUT2D eigenvalue weighted by Crippen LogP contribution is 2.43. The zero-order valence-electron chi connectivity index (χ0n) is 18.6. The van der Waals surface area contributed by atoms with Crippen molar-refractivity contribution >= 4 is 23.9 Å². The third-order valence-corrected chi connectivity index (χ3v) is 6.81. The van der Waals surface area contributed by atoms with Crippen LogP contribution in [0.5, 0.6) is 5.75 Å². The van der Waals surface area contributed by atoms with Gasteiger partial charge in [-0.15, -0.1) is 0 Å². The number of benzene rings is 2. The molecule has 1 aliphatic rings. The van der Waals surface area contributed by atoms with Gasteiger partial charge in [0, 0.05) is 37.3 Å². The van der Waals surface area contributed by atoms with E-state index in [1.807, 2.05) is 6.07 Å². The lowest BCUT2D eigenvalue weighted by molar-refractivity contribution is -0.139. The van der Waals surface area contributed by atoms with Crippen molar-refractivity contribution in [2.45, 2.75) is 16.0 Å². The van der Waals surface area contributed by atoms with E-state index in [1.54, 1.807) is 42.6 Å². The van der Waals surface area contributed by atoms with Crippen molar-refractivity contribution in [3.63, 3.8) is 0 Å². The summed E-state index contributed by atoms with van der Waals surface area (Å²) in [5.41, 5.74) is 0.446. The molecule has 0 bridgehead atoms. The molecule has 0 atom stereocenters. The Labute approximate surface area is 200 Å². The van der Waals surface area contributed by atoms with Gasteiger partial charge in [-0.3, -0.25) is 4.90 Å². The molecule has 0 radical (unpaired) electrons. The van der Waals surface area contributed by atoms with E-state index in [9.17, 15) is 18.0 Å². The number of anilines is 1. The Hall–Kier alpha value is -3.04. The lowest BCUT2D eigenvalue weighted by Gasteiger charge is -2.34. The molecule has 1 saturated heterocycles. The third kappa shape index (κ3) is 5.53. The summed E-state index contributed by atoms with van der Waals surface area (Å²) in [6.07, 6.45) is -2.00. The van der Waals surface area contributed by atoms with E-state index in [0.717, 1.165) is 31.1 Å². The molecule has 3 aromatic rings. The number of carbonyl (C=O) groups excluding carboxylic acids is 1. The minimum atomic E-state index is -4.51. The average Bonchev–Trinajstić information content (AvgIpc) is 2.85. The Bertz CT molecular complexity index is 1150. The van der Waals surface area contributed by atoms with Crippen molar-refractivity contribution in [2.24, 2.45) is 0 Å². The van der Waals surface area contributed by atoms with Crippen LogP contribution in [0.25, 0.3) is 11.1 Å². The molecule has 0 unspecified atom stereocenters. The minimum Gasteiger partial charge on any atom is -0.496 e. The topological polar surface area (TPSA) is 45.7 Å². The molecule has 1 fully saturated rings. The molecular weight excluding hydrogens is 463 g/mol. The predicted molar refractivity (Wildman–Crippen MR) is 127 cm³/mol. The molecule has 0 saturated carbocycles. The number of para-hydroxylation sites is 1. The highest BCUT2D eigenvalue weighted by atomic mass is 32.2. The quantitative estimate of drug-likeness (QED) is 0.425. The first kappa shape index (κ1) is 24.1. The van der Waals surface area contributed by atoms with Crippen molar-refractivity contribution in [1.82, 2.24) is 9.88 Å². The lowest BCUT2D eigenvalue weighted by Crippen LogP contribution is -2.47. The molecule has 2 heterocycles. The van der Waals surface area contributed by atoms with E-state index in [1.165, 1.54) is 19.2 Å². The van der Waals surface area contributed by atoms with Crippen LogP contribution in [0.3, 0.4) is 0 Å². The van der Waals surface area contributed by atoms with Crippen LogP contribution >= 0.6 is 11.8 Å². The maximum atomic E-state index is 14.0. The number of aldehydes is 1. The van der Waals surface area contributed by atoms with Gasteiger partial charge in [0.05, 0.1) is 24.1 Å². The van der Waals surface area contributed by atoms with Crippen LogP contribution in [0, 0.1) is 0 Å². The van der Waals surface area contributed by atoms with Crippen molar-refractivity contribution in [3.05, 3.63) is 66.4 Å². The average molecular weight is 488 g/mol. The molecule has 34 heavy (non-hydrogen) atoms. The second kappa shape index (κ2) is 10.5. The van der Waals surface area contributed by atoms with Gasteiger partial charge >= 0.3 is 6.18 Å². The van der Waals surface area contributed by atoms with Crippen LogP contribution in [-0.2, 0) is 11.0 Å². The molecule has 9 heteroatoms. The predicted octanol–water partition coefficient (Wildman–Crippen LogP) is 5.25. The first-order valence-electron chi connectivity index (χ1n) is 10.8. The SMILES string of the molecule is COc1ccccc1Sc1ccc(-c2ccnc(N3CCN(CC=O)CC3)c2)cc1C(F)(F)F. The summed E-state index contributed by atoms with van der Waals surface area (Å²) in [5.74, 6) is 1.24. The summed E-state index contributed by atoms with van der Waals surface area (Å²) in [7, 11) is 1.50. The van der Waals surface area contributed by atoms with Crippen LogP contribution in [0.1, 0.15) is 5.56 Å². The van der Waals surface area contributed by atoms with Crippen LogP contribution < -0.4 is 9.64 Å². The minimum absolute atomic E-state index is 0.112. The fourth-order valence-corrected chi connectivity index (χ4v) is 4.93. The molecule has 4 rings (SSSR count). The smallest absolute Gasteiger partial charge is 0.417 e. The molecule has 1 aliphatic heterocycles. The summed E-state index contributed by atoms with van der Waals surface area (Å²) < 4.78 is 47.3. The summed E-state index contributed by atoms with van der Waals surface area (Å²) in [5, 5.41) is 0. The Morgan fingerprint density at radius 1 is 1.00 bits per heavy atom. The van der Waals surface area contributed by atoms with Crippen molar-refractivity contribution in [1.29, 1.82) is 0 Å². The number of nitrogens with zero attached hydrogens (tertiary/aromatic N) is 3. The third-order valence-electron chi connectivity index (χ3n) is 5.68. The summed E-state index contributed by atoms with van der Waals surface area (Å²) in [6, 6.07) is 14.9. The van der Waals surface area contributed by atoms with Gasteiger partial charge in [0.15, 0.2) is 0 Å². The van der Waals surface area contributed by atoms with Gasteiger partial charge in [-0.25, -0.2) is 4.98 Å². The molecule has 5 nitrogen and oxygen atoms in total. The van der Waals surface area contributed by atoms with Crippen LogP contribution in [-0.4, -0.2) is 56.0 Å². The van der Waals surface area contributed by atoms with E-state index in [-0.39, 0.29) is 4.90 Å². The summed E-state index contributed by atoms with van der Waals surface area (Å²) >= 11 is 1.03. The van der Waals surface area contributed by atoms with E-state index in [2.05, 4.69) is 14.8 Å². The highest BCUT2D eigenvalue weighted by molar-refractivity contribution is 7.99. The van der Waals surface area contributed by atoms with E-state index in [4.69, 9.17) is 4.74 Å². The van der Waals surface area contributed by atoms with Gasteiger partial charge in [-0.2, -0.15) is 13.2 Å². The van der Waals surface area contributed by atoms with Gasteiger partial charge in [-0.1, -0.05) is 30.0 Å². The van der Waals surface area contributed by atoms with Gasteiger partial charge in [0.25, 0.3) is 0 Å². The number of rotatable bonds is 7. The maximum Gasteiger partial charge on any atom is 0.417 e.